The van der Waals surface area contributed by atoms with Gasteiger partial charge in [-0.2, -0.15) is 4.98 Å². The summed E-state index contributed by atoms with van der Waals surface area (Å²) in [5.74, 6) is 1.38. The summed E-state index contributed by atoms with van der Waals surface area (Å²) in [4.78, 5) is 4.60. The quantitative estimate of drug-likeness (QED) is 0.905. The molecule has 1 atom stereocenters. The second-order valence-corrected chi connectivity index (χ2v) is 5.65. The van der Waals surface area contributed by atoms with Gasteiger partial charge in [0.1, 0.15) is 0 Å². The van der Waals surface area contributed by atoms with Crippen molar-refractivity contribution < 1.29 is 4.52 Å². The summed E-state index contributed by atoms with van der Waals surface area (Å²) in [6.45, 7) is 2.11. The number of nitrogens with two attached hydrogens (primary N) is 1. The van der Waals surface area contributed by atoms with Crippen molar-refractivity contribution in [3.8, 4) is 0 Å². The van der Waals surface area contributed by atoms with Gasteiger partial charge in [-0.15, -0.1) is 0 Å². The predicted molar refractivity (Wildman–Crippen MR) is 77.2 cm³/mol. The molecule has 0 aliphatic heterocycles. The molecular formula is C16H21N3O. The highest BCUT2D eigenvalue weighted by Gasteiger charge is 2.44. The molecule has 1 aliphatic carbocycles. The molecule has 2 N–H and O–H groups in total. The Labute approximate surface area is 119 Å². The van der Waals surface area contributed by atoms with E-state index >= 15 is 0 Å². The highest BCUT2D eigenvalue weighted by Crippen LogP contribution is 2.47. The standard InChI is InChI=1S/C16H21N3O/c1-2-7-13(17)14-18-15(19-20-14)16(10-6-11-16)12-8-4-3-5-9-12/h3-5,8-9,13H,2,6-7,10-11,17H2,1H3/t13-/m1/s1. The summed E-state index contributed by atoms with van der Waals surface area (Å²) in [7, 11) is 0. The zero-order valence-electron chi connectivity index (χ0n) is 11.9. The zero-order chi connectivity index (χ0) is 14.0. The molecule has 0 bridgehead atoms. The maximum absolute atomic E-state index is 6.06. The van der Waals surface area contributed by atoms with Crippen LogP contribution < -0.4 is 5.73 Å². The molecule has 20 heavy (non-hydrogen) atoms. The minimum absolute atomic E-state index is 0.0606. The number of rotatable bonds is 5. The maximum Gasteiger partial charge on any atom is 0.243 e. The SMILES string of the molecule is CCC[C@@H](N)c1nc(C2(c3ccccc3)CCC2)no1. The second-order valence-electron chi connectivity index (χ2n) is 5.65. The van der Waals surface area contributed by atoms with Crippen LogP contribution in [0.25, 0.3) is 0 Å². The van der Waals surface area contributed by atoms with Crippen LogP contribution in [0.2, 0.25) is 0 Å². The fraction of sp³-hybridized carbons (Fsp3) is 0.500. The molecule has 0 saturated heterocycles. The van der Waals surface area contributed by atoms with Gasteiger partial charge in [-0.3, -0.25) is 0 Å². The molecule has 4 nitrogen and oxygen atoms in total. The number of hydrogen-bond acceptors (Lipinski definition) is 4. The third-order valence-corrected chi connectivity index (χ3v) is 4.32. The Kier molecular flexibility index (Phi) is 3.57. The summed E-state index contributed by atoms with van der Waals surface area (Å²) in [6.07, 6.45) is 5.26. The Morgan fingerprint density at radius 2 is 2.05 bits per heavy atom. The summed E-state index contributed by atoms with van der Waals surface area (Å²) >= 11 is 0. The van der Waals surface area contributed by atoms with Crippen molar-refractivity contribution in [1.29, 1.82) is 0 Å². The van der Waals surface area contributed by atoms with Crippen LogP contribution >= 0.6 is 0 Å². The van der Waals surface area contributed by atoms with Crippen molar-refractivity contribution in [3.05, 3.63) is 47.6 Å². The van der Waals surface area contributed by atoms with Gasteiger partial charge in [0.2, 0.25) is 5.89 Å². The lowest BCUT2D eigenvalue weighted by atomic mass is 9.64. The minimum Gasteiger partial charge on any atom is -0.338 e. The van der Waals surface area contributed by atoms with E-state index in [2.05, 4.69) is 41.3 Å². The van der Waals surface area contributed by atoms with Crippen LogP contribution in [-0.2, 0) is 5.41 Å². The van der Waals surface area contributed by atoms with Crippen molar-refractivity contribution in [2.45, 2.75) is 50.5 Å². The molecule has 1 aromatic carbocycles. The molecule has 1 aromatic heterocycles. The average molecular weight is 271 g/mol. The topological polar surface area (TPSA) is 64.9 Å². The van der Waals surface area contributed by atoms with Gasteiger partial charge in [0, 0.05) is 0 Å². The summed E-state index contributed by atoms with van der Waals surface area (Å²) in [6, 6.07) is 10.3. The molecule has 4 heteroatoms. The van der Waals surface area contributed by atoms with Crippen LogP contribution in [0.15, 0.2) is 34.9 Å². The van der Waals surface area contributed by atoms with Crippen molar-refractivity contribution in [2.24, 2.45) is 5.73 Å². The van der Waals surface area contributed by atoms with Crippen LogP contribution in [-0.4, -0.2) is 10.1 Å². The van der Waals surface area contributed by atoms with Gasteiger partial charge in [0.15, 0.2) is 5.82 Å². The van der Waals surface area contributed by atoms with Crippen molar-refractivity contribution >= 4 is 0 Å². The first kappa shape index (κ1) is 13.3. The van der Waals surface area contributed by atoms with E-state index in [1.807, 2.05) is 6.07 Å². The minimum atomic E-state index is -0.144. The molecule has 0 amide bonds. The van der Waals surface area contributed by atoms with Gasteiger partial charge in [-0.25, -0.2) is 0 Å². The first-order valence-electron chi connectivity index (χ1n) is 7.41. The lowest BCUT2D eigenvalue weighted by Crippen LogP contribution is -2.36. The fourth-order valence-corrected chi connectivity index (χ4v) is 2.94. The van der Waals surface area contributed by atoms with Gasteiger partial charge < -0.3 is 10.3 Å². The van der Waals surface area contributed by atoms with Gasteiger partial charge in [0.05, 0.1) is 11.5 Å². The van der Waals surface area contributed by atoms with Crippen LogP contribution in [0.1, 0.15) is 62.3 Å². The molecule has 1 heterocycles. The van der Waals surface area contributed by atoms with Crippen LogP contribution in [0.4, 0.5) is 0 Å². The highest BCUT2D eigenvalue weighted by molar-refractivity contribution is 5.35. The molecule has 1 aliphatic rings. The highest BCUT2D eigenvalue weighted by atomic mass is 16.5. The molecule has 0 spiro atoms. The lowest BCUT2D eigenvalue weighted by molar-refractivity contribution is 0.269. The van der Waals surface area contributed by atoms with Crippen LogP contribution in [0.5, 0.6) is 0 Å². The summed E-state index contributed by atoms with van der Waals surface area (Å²) < 4.78 is 5.40. The predicted octanol–water partition coefficient (Wildman–Crippen LogP) is 3.34. The monoisotopic (exact) mass is 271 g/mol. The van der Waals surface area contributed by atoms with Gasteiger partial charge >= 0.3 is 0 Å². The Morgan fingerprint density at radius 1 is 1.30 bits per heavy atom. The molecule has 0 unspecified atom stereocenters. The van der Waals surface area contributed by atoms with Crippen LogP contribution in [0.3, 0.4) is 0 Å². The van der Waals surface area contributed by atoms with E-state index < -0.39 is 0 Å². The normalized spacial score (nSPS) is 18.5. The smallest absolute Gasteiger partial charge is 0.243 e. The van der Waals surface area contributed by atoms with E-state index in [0.717, 1.165) is 31.5 Å². The van der Waals surface area contributed by atoms with E-state index in [1.165, 1.54) is 12.0 Å². The first-order chi connectivity index (χ1) is 9.76. The van der Waals surface area contributed by atoms with Gasteiger partial charge in [0.25, 0.3) is 0 Å². The Morgan fingerprint density at radius 3 is 2.65 bits per heavy atom. The Bertz CT molecular complexity index is 560. The van der Waals surface area contributed by atoms with Gasteiger partial charge in [-0.05, 0) is 24.8 Å². The molecule has 1 fully saturated rings. The molecule has 2 aromatic rings. The van der Waals surface area contributed by atoms with E-state index in [-0.39, 0.29) is 11.5 Å². The number of benzene rings is 1. The van der Waals surface area contributed by atoms with Crippen LogP contribution in [0, 0.1) is 0 Å². The zero-order valence-corrected chi connectivity index (χ0v) is 11.9. The third-order valence-electron chi connectivity index (χ3n) is 4.32. The van der Waals surface area contributed by atoms with E-state index in [4.69, 9.17) is 10.3 Å². The van der Waals surface area contributed by atoms with Crippen molar-refractivity contribution in [2.75, 3.05) is 0 Å². The molecule has 3 rings (SSSR count). The fourth-order valence-electron chi connectivity index (χ4n) is 2.94. The lowest BCUT2D eigenvalue weighted by Gasteiger charge is -2.39. The molecule has 1 saturated carbocycles. The maximum atomic E-state index is 6.06. The summed E-state index contributed by atoms with van der Waals surface area (Å²) in [5.41, 5.74) is 7.28. The van der Waals surface area contributed by atoms with E-state index in [9.17, 15) is 0 Å². The second kappa shape index (κ2) is 5.37. The molecule has 106 valence electrons. The number of aromatic nitrogens is 2. The number of nitrogens with zero attached hydrogens (tertiary/aromatic N) is 2. The molecule has 0 radical (unpaired) electrons. The third kappa shape index (κ3) is 2.14. The molecular weight excluding hydrogens is 250 g/mol. The first-order valence-corrected chi connectivity index (χ1v) is 7.41. The summed E-state index contributed by atoms with van der Waals surface area (Å²) in [5, 5.41) is 4.22. The van der Waals surface area contributed by atoms with Crippen molar-refractivity contribution in [1.82, 2.24) is 10.1 Å². The Hall–Kier alpha value is -1.68. The van der Waals surface area contributed by atoms with Gasteiger partial charge in [-0.1, -0.05) is 55.3 Å². The van der Waals surface area contributed by atoms with Crippen molar-refractivity contribution in [3.63, 3.8) is 0 Å². The largest absolute Gasteiger partial charge is 0.338 e. The Balaban J connectivity index is 1.91. The average Bonchev–Trinajstić information content (AvgIpc) is 2.89. The number of hydrogen-bond donors (Lipinski definition) is 1. The van der Waals surface area contributed by atoms with E-state index in [0.29, 0.717) is 5.89 Å². The van der Waals surface area contributed by atoms with E-state index in [1.54, 1.807) is 0 Å².